The third kappa shape index (κ3) is 3.79. The molecule has 9 heteroatoms. The van der Waals surface area contributed by atoms with E-state index in [-0.39, 0.29) is 27.6 Å². The van der Waals surface area contributed by atoms with Crippen LogP contribution in [0.5, 0.6) is 5.88 Å². The zero-order valence-electron chi connectivity index (χ0n) is 16.2. The number of Topliss-reactive ketones (excluding diaryl/α,β-unsaturated/α-hetero) is 1. The van der Waals surface area contributed by atoms with Crippen molar-refractivity contribution in [3.8, 4) is 11.9 Å². The molecule has 0 unspecified atom stereocenters. The number of aromatic hydroxyl groups is 1. The van der Waals surface area contributed by atoms with Gasteiger partial charge in [0.05, 0.1) is 17.0 Å². The number of ketones is 1. The molecule has 3 rings (SSSR count). The summed E-state index contributed by atoms with van der Waals surface area (Å²) >= 11 is 6.35. The molecule has 7 nitrogen and oxygen atoms in total. The highest BCUT2D eigenvalue weighted by Crippen LogP contribution is 2.33. The lowest BCUT2D eigenvalue weighted by molar-refractivity contribution is -0.121. The number of carbonyl (C=O) groups excluding carboxylic acids is 2. The summed E-state index contributed by atoms with van der Waals surface area (Å²) in [5.74, 6) is -1.54. The summed E-state index contributed by atoms with van der Waals surface area (Å²) in [5.41, 5.74) is -0.129. The van der Waals surface area contributed by atoms with Crippen LogP contribution in [0, 0.1) is 18.3 Å². The van der Waals surface area contributed by atoms with Crippen LogP contribution in [0.3, 0.4) is 0 Å². The van der Waals surface area contributed by atoms with Crippen molar-refractivity contribution in [1.29, 1.82) is 5.26 Å². The number of pyridine rings is 1. The Hall–Kier alpha value is -3.22. The maximum atomic E-state index is 13.0. The number of aromatic nitrogens is 1. The molecule has 0 spiro atoms. The molecule has 1 amide bonds. The average Bonchev–Trinajstić information content (AvgIpc) is 2.97. The van der Waals surface area contributed by atoms with Crippen molar-refractivity contribution in [2.75, 3.05) is 6.54 Å². The summed E-state index contributed by atoms with van der Waals surface area (Å²) < 4.78 is 1.18. The van der Waals surface area contributed by atoms with E-state index in [2.05, 4.69) is 0 Å². The predicted molar refractivity (Wildman–Crippen MR) is 118 cm³/mol. The molecule has 0 saturated carbocycles. The van der Waals surface area contributed by atoms with Crippen molar-refractivity contribution in [2.24, 2.45) is 0 Å². The first-order valence-electron chi connectivity index (χ1n) is 9.00. The topological polar surface area (TPSA) is 103 Å². The monoisotopic (exact) mass is 439 g/mol. The summed E-state index contributed by atoms with van der Waals surface area (Å²) in [6, 6.07) is 11.0. The minimum absolute atomic E-state index is 0.0833. The first-order chi connectivity index (χ1) is 14.3. The molecule has 152 valence electrons. The fourth-order valence-corrected chi connectivity index (χ4v) is 4.39. The Kier molecular flexibility index (Phi) is 6.20. The van der Waals surface area contributed by atoms with E-state index in [1.54, 1.807) is 19.1 Å². The second kappa shape index (κ2) is 8.65. The van der Waals surface area contributed by atoms with E-state index in [9.17, 15) is 24.8 Å². The Bertz CT molecular complexity index is 1190. The van der Waals surface area contributed by atoms with Crippen molar-refractivity contribution < 1.29 is 14.7 Å². The summed E-state index contributed by atoms with van der Waals surface area (Å²) in [4.78, 5) is 39.6. The number of nitriles is 1. The van der Waals surface area contributed by atoms with E-state index in [4.69, 9.17) is 12.2 Å². The lowest BCUT2D eigenvalue weighted by Gasteiger charge is -2.17. The Morgan fingerprint density at radius 1 is 1.30 bits per heavy atom. The lowest BCUT2D eigenvalue weighted by atomic mass is 10.0. The second-order valence-corrected chi connectivity index (χ2v) is 8.14. The predicted octanol–water partition coefficient (Wildman–Crippen LogP) is 2.84. The molecule has 1 aromatic heterocycles. The molecular formula is C21H17N3O4S2. The molecule has 1 aliphatic heterocycles. The smallest absolute Gasteiger partial charge is 0.271 e. The Labute approximate surface area is 182 Å². The molecule has 1 saturated heterocycles. The van der Waals surface area contributed by atoms with Crippen molar-refractivity contribution in [1.82, 2.24) is 9.47 Å². The van der Waals surface area contributed by atoms with Crippen molar-refractivity contribution in [2.45, 2.75) is 20.4 Å². The van der Waals surface area contributed by atoms with Crippen LogP contribution in [0.15, 0.2) is 40.0 Å². The van der Waals surface area contributed by atoms with Crippen molar-refractivity contribution >= 4 is 46.1 Å². The van der Waals surface area contributed by atoms with E-state index >= 15 is 0 Å². The van der Waals surface area contributed by atoms with Gasteiger partial charge in [0.2, 0.25) is 5.88 Å². The maximum absolute atomic E-state index is 13.0. The molecule has 0 atom stereocenters. The third-order valence-electron chi connectivity index (χ3n) is 4.67. The number of carbonyl (C=O) groups is 2. The molecule has 1 aliphatic rings. The molecule has 0 bridgehead atoms. The van der Waals surface area contributed by atoms with Crippen molar-refractivity contribution in [3.05, 3.63) is 67.8 Å². The van der Waals surface area contributed by atoms with Crippen molar-refractivity contribution in [3.63, 3.8) is 0 Å². The zero-order valence-corrected chi connectivity index (χ0v) is 17.8. The fourth-order valence-electron chi connectivity index (χ4n) is 3.14. The van der Waals surface area contributed by atoms with Gasteiger partial charge in [-0.3, -0.25) is 23.9 Å². The van der Waals surface area contributed by atoms with Gasteiger partial charge in [-0.2, -0.15) is 5.26 Å². The van der Waals surface area contributed by atoms with E-state index < -0.39 is 29.7 Å². The third-order valence-corrected chi connectivity index (χ3v) is 6.05. The van der Waals surface area contributed by atoms with Crippen LogP contribution < -0.4 is 5.56 Å². The summed E-state index contributed by atoms with van der Waals surface area (Å²) in [6.07, 6.45) is 1.69. The normalized spacial score (nSPS) is 15.0. The fraction of sp³-hybridized carbons (Fsp3) is 0.190. The van der Waals surface area contributed by atoms with Gasteiger partial charge >= 0.3 is 0 Å². The summed E-state index contributed by atoms with van der Waals surface area (Å²) in [7, 11) is 0. The quantitative estimate of drug-likeness (QED) is 0.434. The highest BCUT2D eigenvalue weighted by atomic mass is 32.2. The number of amides is 1. The van der Waals surface area contributed by atoms with Gasteiger partial charge in [0.1, 0.15) is 16.0 Å². The minimum atomic E-state index is -0.664. The standard InChI is InChI=1S/C21H17N3O4S2/c1-3-23-18(26)14(10-22)12(2)17(20(23)28)15(25)11-24-19(27)16(30-21(24)29)9-13-7-5-4-6-8-13/h4-9,28H,3,11H2,1-2H3/b16-9-. The second-order valence-electron chi connectivity index (χ2n) is 6.46. The molecule has 1 N–H and O–H groups in total. The first kappa shape index (κ1) is 21.5. The maximum Gasteiger partial charge on any atom is 0.271 e. The minimum Gasteiger partial charge on any atom is -0.494 e. The van der Waals surface area contributed by atoms with Crippen LogP contribution in [0.25, 0.3) is 6.08 Å². The zero-order chi connectivity index (χ0) is 22.0. The number of thiocarbonyl (C=S) groups is 1. The number of rotatable bonds is 5. The highest BCUT2D eigenvalue weighted by molar-refractivity contribution is 8.26. The van der Waals surface area contributed by atoms with Gasteiger partial charge in [0.15, 0.2) is 5.78 Å². The number of hydrogen-bond donors (Lipinski definition) is 1. The van der Waals surface area contributed by atoms with Crippen LogP contribution in [0.2, 0.25) is 0 Å². The van der Waals surface area contributed by atoms with Crippen LogP contribution in [0.4, 0.5) is 0 Å². The van der Waals surface area contributed by atoms with Crippen LogP contribution in [-0.2, 0) is 11.3 Å². The summed E-state index contributed by atoms with van der Waals surface area (Å²) in [5, 5.41) is 19.8. The number of hydrogen-bond acceptors (Lipinski definition) is 7. The average molecular weight is 440 g/mol. The number of thioether (sulfide) groups is 1. The van der Waals surface area contributed by atoms with Gasteiger partial charge < -0.3 is 5.11 Å². The molecule has 2 aromatic rings. The Morgan fingerprint density at radius 3 is 2.57 bits per heavy atom. The summed E-state index contributed by atoms with van der Waals surface area (Å²) in [6.45, 7) is 2.72. The van der Waals surface area contributed by atoms with E-state index in [1.807, 2.05) is 30.3 Å². The molecule has 30 heavy (non-hydrogen) atoms. The molecule has 1 aromatic carbocycles. The highest BCUT2D eigenvalue weighted by Gasteiger charge is 2.35. The van der Waals surface area contributed by atoms with Crippen LogP contribution >= 0.6 is 24.0 Å². The van der Waals surface area contributed by atoms with E-state index in [0.717, 1.165) is 26.8 Å². The Morgan fingerprint density at radius 2 is 1.97 bits per heavy atom. The molecule has 0 radical (unpaired) electrons. The first-order valence-corrected chi connectivity index (χ1v) is 10.2. The van der Waals surface area contributed by atoms with Gasteiger partial charge in [-0.25, -0.2) is 0 Å². The largest absolute Gasteiger partial charge is 0.494 e. The van der Waals surface area contributed by atoms with E-state index in [0.29, 0.717) is 4.91 Å². The molecule has 1 fully saturated rings. The van der Waals surface area contributed by atoms with Crippen LogP contribution in [-0.4, -0.2) is 37.1 Å². The molecular weight excluding hydrogens is 422 g/mol. The van der Waals surface area contributed by atoms with Gasteiger partial charge in [-0.05, 0) is 31.1 Å². The van der Waals surface area contributed by atoms with Crippen LogP contribution in [0.1, 0.15) is 34.0 Å². The SMILES string of the molecule is CCn1c(O)c(C(=O)CN2C(=O)/C(=C/c3ccccc3)SC2=S)c(C)c(C#N)c1=O. The number of nitrogens with zero attached hydrogens (tertiary/aromatic N) is 3. The lowest BCUT2D eigenvalue weighted by Crippen LogP contribution is -2.35. The van der Waals surface area contributed by atoms with Gasteiger partial charge in [0, 0.05) is 6.54 Å². The van der Waals surface area contributed by atoms with Gasteiger partial charge in [-0.1, -0.05) is 54.3 Å². The number of benzene rings is 1. The molecule has 2 heterocycles. The van der Waals surface area contributed by atoms with Gasteiger partial charge in [-0.15, -0.1) is 0 Å². The van der Waals surface area contributed by atoms with Gasteiger partial charge in [0.25, 0.3) is 11.5 Å². The van der Waals surface area contributed by atoms with E-state index in [1.165, 1.54) is 6.92 Å². The Balaban J connectivity index is 1.95. The molecule has 0 aliphatic carbocycles.